The van der Waals surface area contributed by atoms with Crippen molar-refractivity contribution < 1.29 is 14.6 Å². The molecule has 5 heteroatoms. The van der Waals surface area contributed by atoms with Crippen LogP contribution >= 0.6 is 0 Å². The molecule has 0 saturated carbocycles. The van der Waals surface area contributed by atoms with Crippen LogP contribution in [-0.4, -0.2) is 41.4 Å². The van der Waals surface area contributed by atoms with E-state index < -0.39 is 5.97 Å². The summed E-state index contributed by atoms with van der Waals surface area (Å²) in [5, 5.41) is 10.1. The molecule has 108 valence electrons. The van der Waals surface area contributed by atoms with Crippen molar-refractivity contribution in [2.24, 2.45) is 0 Å². The summed E-state index contributed by atoms with van der Waals surface area (Å²) in [7, 11) is 0. The first-order valence-corrected chi connectivity index (χ1v) is 7.24. The summed E-state index contributed by atoms with van der Waals surface area (Å²) in [5.74, 6) is -0.169. The Hall–Kier alpha value is -2.14. The Balaban J connectivity index is 1.80. The molecule has 4 rings (SSSR count). The Morgan fingerprint density at radius 1 is 1.24 bits per heavy atom. The summed E-state index contributed by atoms with van der Waals surface area (Å²) < 4.78 is 5.83. The summed E-state index contributed by atoms with van der Waals surface area (Å²) >= 11 is 0. The summed E-state index contributed by atoms with van der Waals surface area (Å²) in [6.45, 7) is 1.59. The van der Waals surface area contributed by atoms with E-state index in [-0.39, 0.29) is 12.2 Å². The number of hydrogen-bond acceptors (Lipinski definition) is 4. The van der Waals surface area contributed by atoms with Gasteiger partial charge in [-0.1, -0.05) is 18.2 Å². The molecule has 2 aliphatic heterocycles. The number of hydrogen-bond donors (Lipinski definition) is 1. The van der Waals surface area contributed by atoms with Crippen LogP contribution in [0, 0.1) is 0 Å². The predicted molar refractivity (Wildman–Crippen MR) is 78.8 cm³/mol. The lowest BCUT2D eigenvalue weighted by Crippen LogP contribution is -2.43. The van der Waals surface area contributed by atoms with E-state index in [1.807, 2.05) is 18.2 Å². The molecule has 0 aliphatic carbocycles. The molecule has 2 aromatic rings. The number of benzene rings is 1. The molecule has 0 radical (unpaired) electrons. The highest BCUT2D eigenvalue weighted by Gasteiger charge is 2.34. The lowest BCUT2D eigenvalue weighted by atomic mass is 10.1. The van der Waals surface area contributed by atoms with E-state index >= 15 is 0 Å². The molecular weight excluding hydrogens is 268 g/mol. The van der Waals surface area contributed by atoms with Crippen molar-refractivity contribution in [3.63, 3.8) is 0 Å². The number of aromatic nitrogens is 1. The van der Waals surface area contributed by atoms with Gasteiger partial charge in [-0.3, -0.25) is 0 Å². The zero-order valence-electron chi connectivity index (χ0n) is 11.5. The molecule has 21 heavy (non-hydrogen) atoms. The molecule has 2 aliphatic rings. The van der Waals surface area contributed by atoms with Crippen molar-refractivity contribution in [1.82, 2.24) is 4.98 Å². The number of ether oxygens (including phenoxy) is 1. The SMILES string of the molecule is O=C(O)c1cc(N2CC3CCC(C2)O3)nc2ccccc12. The average molecular weight is 284 g/mol. The monoisotopic (exact) mass is 284 g/mol. The minimum Gasteiger partial charge on any atom is -0.478 e. The van der Waals surface area contributed by atoms with Crippen LogP contribution in [-0.2, 0) is 4.74 Å². The van der Waals surface area contributed by atoms with Gasteiger partial charge in [0.15, 0.2) is 0 Å². The van der Waals surface area contributed by atoms with Crippen molar-refractivity contribution in [2.75, 3.05) is 18.0 Å². The molecule has 0 spiro atoms. The average Bonchev–Trinajstić information content (AvgIpc) is 2.84. The van der Waals surface area contributed by atoms with Crippen LogP contribution in [0.2, 0.25) is 0 Å². The third-order valence-electron chi connectivity index (χ3n) is 4.30. The Bertz CT molecular complexity index is 704. The highest BCUT2D eigenvalue weighted by atomic mass is 16.5. The number of carbonyl (C=O) groups is 1. The Labute approximate surface area is 122 Å². The van der Waals surface area contributed by atoms with Gasteiger partial charge in [0.25, 0.3) is 0 Å². The van der Waals surface area contributed by atoms with Gasteiger partial charge in [-0.2, -0.15) is 0 Å². The highest BCUT2D eigenvalue weighted by Crippen LogP contribution is 2.30. The Morgan fingerprint density at radius 3 is 2.67 bits per heavy atom. The van der Waals surface area contributed by atoms with Gasteiger partial charge in [0.2, 0.25) is 0 Å². The van der Waals surface area contributed by atoms with Gasteiger partial charge in [-0.15, -0.1) is 0 Å². The summed E-state index contributed by atoms with van der Waals surface area (Å²) in [6.07, 6.45) is 2.68. The van der Waals surface area contributed by atoms with Gasteiger partial charge in [-0.25, -0.2) is 9.78 Å². The van der Waals surface area contributed by atoms with E-state index in [1.54, 1.807) is 12.1 Å². The van der Waals surface area contributed by atoms with Crippen LogP contribution in [0.1, 0.15) is 23.2 Å². The lowest BCUT2D eigenvalue weighted by molar-refractivity contribution is 0.0302. The molecule has 1 N–H and O–H groups in total. The first kappa shape index (κ1) is 12.6. The normalized spacial score (nSPS) is 24.5. The van der Waals surface area contributed by atoms with Gasteiger partial charge >= 0.3 is 5.97 Å². The number of pyridine rings is 1. The standard InChI is InChI=1S/C16H16N2O3/c19-16(20)13-7-15(17-14-4-2-1-3-12(13)14)18-8-10-5-6-11(9-18)21-10/h1-4,7,10-11H,5-6,8-9H2,(H,19,20). The van der Waals surface area contributed by atoms with Gasteiger partial charge < -0.3 is 14.7 Å². The molecular formula is C16H16N2O3. The van der Waals surface area contributed by atoms with Crippen LogP contribution in [0.5, 0.6) is 0 Å². The summed E-state index contributed by atoms with van der Waals surface area (Å²) in [5.41, 5.74) is 1.04. The van der Waals surface area contributed by atoms with Gasteiger partial charge in [0.1, 0.15) is 5.82 Å². The number of morpholine rings is 1. The summed E-state index contributed by atoms with van der Waals surface area (Å²) in [6, 6.07) is 9.08. The van der Waals surface area contributed by atoms with Crippen molar-refractivity contribution in [2.45, 2.75) is 25.0 Å². The van der Waals surface area contributed by atoms with Crippen LogP contribution < -0.4 is 4.90 Å². The van der Waals surface area contributed by atoms with E-state index in [0.29, 0.717) is 10.9 Å². The third-order valence-corrected chi connectivity index (χ3v) is 4.30. The maximum Gasteiger partial charge on any atom is 0.336 e. The smallest absolute Gasteiger partial charge is 0.336 e. The minimum absolute atomic E-state index is 0.255. The van der Waals surface area contributed by atoms with E-state index in [1.165, 1.54) is 0 Å². The lowest BCUT2D eigenvalue weighted by Gasteiger charge is -2.33. The van der Waals surface area contributed by atoms with Crippen molar-refractivity contribution in [3.05, 3.63) is 35.9 Å². The van der Waals surface area contributed by atoms with Gasteiger partial charge in [0, 0.05) is 18.5 Å². The van der Waals surface area contributed by atoms with Crippen molar-refractivity contribution in [1.29, 1.82) is 0 Å². The predicted octanol–water partition coefficient (Wildman–Crippen LogP) is 2.30. The number of nitrogens with zero attached hydrogens (tertiary/aromatic N) is 2. The second kappa shape index (κ2) is 4.70. The number of para-hydroxylation sites is 1. The molecule has 2 atom stereocenters. The highest BCUT2D eigenvalue weighted by molar-refractivity contribution is 6.03. The first-order valence-electron chi connectivity index (χ1n) is 7.24. The van der Waals surface area contributed by atoms with Crippen LogP contribution in [0.4, 0.5) is 5.82 Å². The van der Waals surface area contributed by atoms with Crippen LogP contribution in [0.25, 0.3) is 10.9 Å². The second-order valence-electron chi connectivity index (χ2n) is 5.71. The number of fused-ring (bicyclic) bond motifs is 3. The fourth-order valence-electron chi connectivity index (χ4n) is 3.30. The fraction of sp³-hybridized carbons (Fsp3) is 0.375. The summed E-state index contributed by atoms with van der Waals surface area (Å²) in [4.78, 5) is 18.3. The maximum atomic E-state index is 11.5. The zero-order valence-corrected chi connectivity index (χ0v) is 11.5. The molecule has 2 unspecified atom stereocenters. The zero-order chi connectivity index (χ0) is 14.4. The molecule has 1 aromatic carbocycles. The van der Waals surface area contributed by atoms with Crippen molar-refractivity contribution in [3.8, 4) is 0 Å². The molecule has 1 aromatic heterocycles. The van der Waals surface area contributed by atoms with E-state index in [9.17, 15) is 9.90 Å². The van der Waals surface area contributed by atoms with E-state index in [4.69, 9.17) is 4.74 Å². The van der Waals surface area contributed by atoms with E-state index in [2.05, 4.69) is 9.88 Å². The first-order chi connectivity index (χ1) is 10.2. The topological polar surface area (TPSA) is 62.7 Å². The molecule has 2 saturated heterocycles. The number of rotatable bonds is 2. The fourth-order valence-corrected chi connectivity index (χ4v) is 3.30. The number of aromatic carboxylic acids is 1. The molecule has 2 fully saturated rings. The third kappa shape index (κ3) is 2.14. The van der Waals surface area contributed by atoms with Gasteiger partial charge in [-0.05, 0) is 25.0 Å². The van der Waals surface area contributed by atoms with E-state index in [0.717, 1.165) is 37.3 Å². The Kier molecular flexibility index (Phi) is 2.82. The Morgan fingerprint density at radius 2 is 1.95 bits per heavy atom. The van der Waals surface area contributed by atoms with Crippen molar-refractivity contribution >= 4 is 22.7 Å². The number of carboxylic acids is 1. The number of carboxylic acid groups (broad SMARTS) is 1. The minimum atomic E-state index is -0.911. The maximum absolute atomic E-state index is 11.5. The largest absolute Gasteiger partial charge is 0.478 e. The quantitative estimate of drug-likeness (QED) is 0.916. The molecule has 0 amide bonds. The van der Waals surface area contributed by atoms with Crippen LogP contribution in [0.3, 0.4) is 0 Å². The molecule has 5 nitrogen and oxygen atoms in total. The van der Waals surface area contributed by atoms with Gasteiger partial charge in [0.05, 0.1) is 23.3 Å². The second-order valence-corrected chi connectivity index (χ2v) is 5.71. The number of anilines is 1. The molecule has 3 heterocycles. The van der Waals surface area contributed by atoms with Crippen LogP contribution in [0.15, 0.2) is 30.3 Å². The molecule has 2 bridgehead atoms.